The lowest BCUT2D eigenvalue weighted by Crippen LogP contribution is -2.52. The third-order valence-electron chi connectivity index (χ3n) is 5.39. The Morgan fingerprint density at radius 3 is 2.55 bits per heavy atom. The van der Waals surface area contributed by atoms with Crippen LogP contribution in [0.2, 0.25) is 0 Å². The van der Waals surface area contributed by atoms with Crippen LogP contribution in [-0.2, 0) is 6.42 Å². The molecule has 0 N–H and O–H groups in total. The second-order valence-corrected chi connectivity index (χ2v) is 9.02. The molecule has 3 aromatic rings. The van der Waals surface area contributed by atoms with Gasteiger partial charge in [-0.1, -0.05) is 18.2 Å². The number of para-hydroxylation sites is 1. The Morgan fingerprint density at radius 2 is 1.79 bits per heavy atom. The highest BCUT2D eigenvalue weighted by Crippen LogP contribution is 2.47. The Morgan fingerprint density at radius 1 is 1.09 bits per heavy atom. The minimum atomic E-state index is -4.82. The van der Waals surface area contributed by atoms with Crippen molar-refractivity contribution in [2.75, 3.05) is 4.90 Å². The minimum Gasteiger partial charge on any atom is -0.421 e. The van der Waals surface area contributed by atoms with Gasteiger partial charge in [-0.05, 0) is 44.0 Å². The molecule has 0 aliphatic carbocycles. The molecule has 6 nitrogen and oxygen atoms in total. The molecule has 172 valence electrons. The Hall–Kier alpha value is -3.34. The van der Waals surface area contributed by atoms with Crippen LogP contribution < -0.4 is 19.2 Å². The highest BCUT2D eigenvalue weighted by molar-refractivity contribution is 7.09. The molecule has 0 saturated heterocycles. The van der Waals surface area contributed by atoms with Crippen molar-refractivity contribution >= 4 is 23.1 Å². The topological polar surface area (TPSA) is 56.1 Å². The summed E-state index contributed by atoms with van der Waals surface area (Å²) in [6, 6.07) is 10.7. The lowest BCUT2D eigenvalue weighted by Gasteiger charge is -2.31. The summed E-state index contributed by atoms with van der Waals surface area (Å²) in [6.07, 6.45) is -7.24. The van der Waals surface area contributed by atoms with Crippen molar-refractivity contribution < 1.29 is 31.8 Å². The van der Waals surface area contributed by atoms with Crippen molar-refractivity contribution in [3.8, 4) is 17.2 Å². The first-order valence-corrected chi connectivity index (χ1v) is 10.8. The largest absolute Gasteiger partial charge is 0.507 e. The molecular formula is C22H17F4N3O3S. The van der Waals surface area contributed by atoms with Crippen LogP contribution in [0.4, 0.5) is 28.0 Å². The molecule has 33 heavy (non-hydrogen) atoms. The summed E-state index contributed by atoms with van der Waals surface area (Å²) in [5.74, 6) is -1.06. The number of aromatic nitrogens is 1. The van der Waals surface area contributed by atoms with Gasteiger partial charge in [0, 0.05) is 28.9 Å². The molecule has 2 aromatic carbocycles. The molecule has 0 fully saturated rings. The highest BCUT2D eigenvalue weighted by atomic mass is 32.1. The molecule has 11 heteroatoms. The molecule has 0 radical (unpaired) electrons. The maximum atomic E-state index is 13.6. The normalized spacial score (nSPS) is 20.6. The van der Waals surface area contributed by atoms with Crippen LogP contribution in [0.15, 0.2) is 53.7 Å². The predicted octanol–water partition coefficient (Wildman–Crippen LogP) is 5.28. The van der Waals surface area contributed by atoms with Crippen molar-refractivity contribution in [1.82, 2.24) is 4.57 Å². The second kappa shape index (κ2) is 7.34. The van der Waals surface area contributed by atoms with Crippen LogP contribution in [0.25, 0.3) is 5.69 Å². The average molecular weight is 479 g/mol. The van der Waals surface area contributed by atoms with Crippen LogP contribution in [0.3, 0.4) is 0 Å². The SMILES string of the molecule is Cc1cn(-c2ccc3c(c2)OC(F)(F)C(F)(F)O3)/c(=N/C(=O)N2c3ccccc3CC2C)s1. The summed E-state index contributed by atoms with van der Waals surface area (Å²) in [5, 5.41) is 0. The van der Waals surface area contributed by atoms with E-state index in [0.29, 0.717) is 16.9 Å². The summed E-state index contributed by atoms with van der Waals surface area (Å²) < 4.78 is 64.0. The molecule has 3 heterocycles. The first kappa shape index (κ1) is 21.5. The quantitative estimate of drug-likeness (QED) is 0.447. The minimum absolute atomic E-state index is 0.0775. The van der Waals surface area contributed by atoms with Gasteiger partial charge in [0.1, 0.15) is 0 Å². The summed E-state index contributed by atoms with van der Waals surface area (Å²) in [6.45, 7) is 3.73. The Kier molecular flexibility index (Phi) is 4.78. The number of nitrogens with zero attached hydrogens (tertiary/aromatic N) is 3. The number of benzene rings is 2. The van der Waals surface area contributed by atoms with Crippen LogP contribution in [0.5, 0.6) is 11.5 Å². The van der Waals surface area contributed by atoms with Crippen LogP contribution in [0, 0.1) is 6.92 Å². The zero-order valence-corrected chi connectivity index (χ0v) is 18.2. The number of urea groups is 1. The number of thiazole rings is 1. The van der Waals surface area contributed by atoms with Crippen LogP contribution >= 0.6 is 11.3 Å². The van der Waals surface area contributed by atoms with E-state index in [-0.39, 0.29) is 6.04 Å². The molecule has 1 aromatic heterocycles. The number of alkyl halides is 4. The maximum Gasteiger partial charge on any atom is 0.507 e. The number of carbonyl (C=O) groups is 1. The van der Waals surface area contributed by atoms with E-state index in [4.69, 9.17) is 0 Å². The average Bonchev–Trinajstić information content (AvgIpc) is 3.26. The molecule has 1 atom stereocenters. The standard InChI is InChI=1S/C22H17F4N3O3S/c1-12-9-14-5-3-4-6-16(14)29(12)19(30)27-20-28(11-13(2)33-20)15-7-8-17-18(10-15)32-22(25,26)21(23,24)31-17/h3-8,10-12H,9H2,1-2H3/b27-20-. The van der Waals surface area contributed by atoms with E-state index in [1.165, 1.54) is 22.0 Å². The van der Waals surface area contributed by atoms with E-state index in [1.54, 1.807) is 18.0 Å². The number of hydrogen-bond acceptors (Lipinski definition) is 4. The number of anilines is 1. The van der Waals surface area contributed by atoms with Gasteiger partial charge >= 0.3 is 18.2 Å². The van der Waals surface area contributed by atoms with E-state index in [0.717, 1.165) is 28.3 Å². The first-order chi connectivity index (χ1) is 15.6. The van der Waals surface area contributed by atoms with E-state index in [1.807, 2.05) is 31.2 Å². The number of ether oxygens (including phenoxy) is 2. The third kappa shape index (κ3) is 3.56. The van der Waals surface area contributed by atoms with Crippen LogP contribution in [-0.4, -0.2) is 28.9 Å². The Bertz CT molecular complexity index is 1330. The van der Waals surface area contributed by atoms with E-state index in [2.05, 4.69) is 14.5 Å². The van der Waals surface area contributed by atoms with Gasteiger partial charge in [0.05, 0.1) is 5.69 Å². The fourth-order valence-electron chi connectivity index (χ4n) is 3.92. The second-order valence-electron chi connectivity index (χ2n) is 7.81. The monoisotopic (exact) mass is 479 g/mol. The molecule has 0 spiro atoms. The number of hydrogen-bond donors (Lipinski definition) is 0. The predicted molar refractivity (Wildman–Crippen MR) is 113 cm³/mol. The molecule has 0 bridgehead atoms. The lowest BCUT2D eigenvalue weighted by molar-refractivity contribution is -0.391. The molecule has 2 amide bonds. The highest BCUT2D eigenvalue weighted by Gasteiger charge is 2.65. The summed E-state index contributed by atoms with van der Waals surface area (Å²) in [4.78, 5) is 20.1. The molecule has 1 unspecified atom stereocenters. The lowest BCUT2D eigenvalue weighted by atomic mass is 10.1. The van der Waals surface area contributed by atoms with E-state index in [9.17, 15) is 22.4 Å². The third-order valence-corrected chi connectivity index (χ3v) is 6.29. The molecule has 2 aliphatic heterocycles. The maximum absolute atomic E-state index is 13.6. The Balaban J connectivity index is 1.53. The van der Waals surface area contributed by atoms with Gasteiger partial charge in [0.2, 0.25) is 0 Å². The summed E-state index contributed by atoms with van der Waals surface area (Å²) in [7, 11) is 0. The number of fused-ring (bicyclic) bond motifs is 2. The van der Waals surface area contributed by atoms with E-state index < -0.39 is 29.7 Å². The van der Waals surface area contributed by atoms with Crippen LogP contribution in [0.1, 0.15) is 17.4 Å². The summed E-state index contributed by atoms with van der Waals surface area (Å²) in [5.41, 5.74) is 2.14. The zero-order valence-electron chi connectivity index (χ0n) is 17.4. The molecular weight excluding hydrogens is 462 g/mol. The number of carbonyl (C=O) groups excluding carboxylic acids is 1. The summed E-state index contributed by atoms with van der Waals surface area (Å²) >= 11 is 1.22. The van der Waals surface area contributed by atoms with Crippen molar-refractivity contribution in [2.45, 2.75) is 38.5 Å². The Labute approximate surface area is 189 Å². The van der Waals surface area contributed by atoms with Gasteiger partial charge in [-0.3, -0.25) is 9.47 Å². The van der Waals surface area contributed by atoms with Gasteiger partial charge in [-0.15, -0.1) is 11.3 Å². The van der Waals surface area contributed by atoms with Crippen molar-refractivity contribution in [3.63, 3.8) is 0 Å². The van der Waals surface area contributed by atoms with Gasteiger partial charge in [0.25, 0.3) is 0 Å². The van der Waals surface area contributed by atoms with Gasteiger partial charge in [-0.25, -0.2) is 4.79 Å². The van der Waals surface area contributed by atoms with Gasteiger partial charge in [0.15, 0.2) is 16.3 Å². The fraction of sp³-hybridized carbons (Fsp3) is 0.273. The zero-order chi connectivity index (χ0) is 23.5. The van der Waals surface area contributed by atoms with Gasteiger partial charge < -0.3 is 9.47 Å². The van der Waals surface area contributed by atoms with Crippen molar-refractivity contribution in [2.24, 2.45) is 4.99 Å². The fourth-order valence-corrected chi connectivity index (χ4v) is 4.74. The number of halogens is 4. The van der Waals surface area contributed by atoms with Crippen molar-refractivity contribution in [1.29, 1.82) is 0 Å². The molecule has 0 saturated carbocycles. The number of rotatable bonds is 1. The van der Waals surface area contributed by atoms with Crippen molar-refractivity contribution in [3.05, 3.63) is 63.9 Å². The smallest absolute Gasteiger partial charge is 0.421 e. The molecule has 5 rings (SSSR count). The first-order valence-electron chi connectivity index (χ1n) is 9.99. The number of amides is 2. The molecule has 2 aliphatic rings. The van der Waals surface area contributed by atoms with E-state index >= 15 is 0 Å². The van der Waals surface area contributed by atoms with Gasteiger partial charge in [-0.2, -0.15) is 22.6 Å². The number of aryl methyl sites for hydroxylation is 1.